The average Bonchev–Trinajstić information content (AvgIpc) is 2.77. The van der Waals surface area contributed by atoms with E-state index in [1.54, 1.807) is 12.1 Å². The first-order chi connectivity index (χ1) is 8.28. The molecule has 1 aromatic heterocycles. The van der Waals surface area contributed by atoms with E-state index < -0.39 is 0 Å². The summed E-state index contributed by atoms with van der Waals surface area (Å²) in [7, 11) is 0. The van der Waals surface area contributed by atoms with Crippen LogP contribution in [0.4, 0.5) is 9.52 Å². The predicted molar refractivity (Wildman–Crippen MR) is 64.8 cm³/mol. The Bertz CT molecular complexity index is 472. The van der Waals surface area contributed by atoms with E-state index in [4.69, 9.17) is 4.74 Å². The second-order valence-electron chi connectivity index (χ2n) is 3.27. The van der Waals surface area contributed by atoms with E-state index in [1.165, 1.54) is 23.5 Å². The van der Waals surface area contributed by atoms with Crippen LogP contribution in [0.2, 0.25) is 0 Å². The zero-order chi connectivity index (χ0) is 12.1. The number of hydrogen-bond donors (Lipinski definition) is 1. The van der Waals surface area contributed by atoms with E-state index in [2.05, 4.69) is 15.5 Å². The zero-order valence-electron chi connectivity index (χ0n) is 9.31. The predicted octanol–water partition coefficient (Wildman–Crippen LogP) is 2.69. The molecule has 0 spiro atoms. The molecule has 1 N–H and O–H groups in total. The molecule has 0 saturated carbocycles. The molecule has 2 rings (SSSR count). The van der Waals surface area contributed by atoms with E-state index in [0.717, 1.165) is 16.7 Å². The Labute approximate surface area is 102 Å². The molecule has 0 amide bonds. The molecular weight excluding hydrogens is 241 g/mol. The van der Waals surface area contributed by atoms with Crippen molar-refractivity contribution in [1.29, 1.82) is 0 Å². The summed E-state index contributed by atoms with van der Waals surface area (Å²) in [6, 6.07) is 5.89. The third-order valence-electron chi connectivity index (χ3n) is 1.97. The first kappa shape index (κ1) is 11.8. The molecule has 4 nitrogen and oxygen atoms in total. The molecule has 17 heavy (non-hydrogen) atoms. The van der Waals surface area contributed by atoms with Crippen LogP contribution in [0.3, 0.4) is 0 Å². The Morgan fingerprint density at radius 3 is 2.76 bits per heavy atom. The van der Waals surface area contributed by atoms with Gasteiger partial charge in [0.2, 0.25) is 5.13 Å². The second kappa shape index (κ2) is 5.58. The number of rotatable bonds is 5. The van der Waals surface area contributed by atoms with Gasteiger partial charge in [-0.15, -0.1) is 10.2 Å². The molecule has 0 radical (unpaired) electrons. The van der Waals surface area contributed by atoms with Crippen LogP contribution in [0, 0.1) is 5.82 Å². The molecule has 0 bridgehead atoms. The van der Waals surface area contributed by atoms with Crippen molar-refractivity contribution in [3.8, 4) is 5.75 Å². The summed E-state index contributed by atoms with van der Waals surface area (Å²) in [6.07, 6.45) is 0. The van der Waals surface area contributed by atoms with Crippen LogP contribution in [0.1, 0.15) is 11.9 Å². The lowest BCUT2D eigenvalue weighted by molar-refractivity contribution is 0.304. The summed E-state index contributed by atoms with van der Waals surface area (Å²) in [5, 5.41) is 12.6. The molecule has 6 heteroatoms. The normalized spacial score (nSPS) is 10.2. The summed E-state index contributed by atoms with van der Waals surface area (Å²) in [5.74, 6) is 0.342. The zero-order valence-corrected chi connectivity index (χ0v) is 10.1. The lowest BCUT2D eigenvalue weighted by Crippen LogP contribution is -1.94. The Balaban J connectivity index is 1.90. The SMILES string of the molecule is CCNc1nnc(COc2ccc(F)cc2)s1. The van der Waals surface area contributed by atoms with Crippen LogP contribution >= 0.6 is 11.3 Å². The smallest absolute Gasteiger partial charge is 0.205 e. The maximum absolute atomic E-state index is 12.7. The Kier molecular flexibility index (Phi) is 3.87. The number of nitrogens with zero attached hydrogens (tertiary/aromatic N) is 2. The fourth-order valence-electron chi connectivity index (χ4n) is 1.21. The van der Waals surface area contributed by atoms with Gasteiger partial charge in [0, 0.05) is 6.54 Å². The van der Waals surface area contributed by atoms with Gasteiger partial charge in [0.05, 0.1) is 0 Å². The highest BCUT2D eigenvalue weighted by Gasteiger charge is 2.03. The van der Waals surface area contributed by atoms with Gasteiger partial charge in [0.25, 0.3) is 0 Å². The van der Waals surface area contributed by atoms with Gasteiger partial charge in [0.1, 0.15) is 18.2 Å². The van der Waals surface area contributed by atoms with E-state index in [1.807, 2.05) is 6.92 Å². The van der Waals surface area contributed by atoms with Gasteiger partial charge in [-0.1, -0.05) is 11.3 Å². The number of hydrogen-bond acceptors (Lipinski definition) is 5. The molecule has 0 aliphatic heterocycles. The van der Waals surface area contributed by atoms with E-state index >= 15 is 0 Å². The highest BCUT2D eigenvalue weighted by molar-refractivity contribution is 7.15. The first-order valence-electron chi connectivity index (χ1n) is 5.22. The number of benzene rings is 1. The Morgan fingerprint density at radius 1 is 1.29 bits per heavy atom. The molecule has 0 fully saturated rings. The average molecular weight is 253 g/mol. The van der Waals surface area contributed by atoms with Crippen LogP contribution < -0.4 is 10.1 Å². The van der Waals surface area contributed by atoms with Crippen molar-refractivity contribution in [2.75, 3.05) is 11.9 Å². The molecule has 0 atom stereocenters. The third-order valence-corrected chi connectivity index (χ3v) is 2.83. The minimum Gasteiger partial charge on any atom is -0.486 e. The summed E-state index contributed by atoms with van der Waals surface area (Å²) < 4.78 is 18.1. The van der Waals surface area contributed by atoms with Crippen molar-refractivity contribution in [3.05, 3.63) is 35.1 Å². The molecular formula is C11H12FN3OS. The van der Waals surface area contributed by atoms with Crippen LogP contribution in [0.5, 0.6) is 5.75 Å². The maximum atomic E-state index is 12.7. The van der Waals surface area contributed by atoms with Crippen LogP contribution in [-0.4, -0.2) is 16.7 Å². The minimum atomic E-state index is -0.275. The van der Waals surface area contributed by atoms with Crippen molar-refractivity contribution >= 4 is 16.5 Å². The molecule has 1 aromatic carbocycles. The van der Waals surface area contributed by atoms with E-state index in [9.17, 15) is 4.39 Å². The van der Waals surface area contributed by atoms with Crippen molar-refractivity contribution in [1.82, 2.24) is 10.2 Å². The lowest BCUT2D eigenvalue weighted by atomic mass is 10.3. The monoisotopic (exact) mass is 253 g/mol. The van der Waals surface area contributed by atoms with Crippen molar-refractivity contribution in [2.45, 2.75) is 13.5 Å². The van der Waals surface area contributed by atoms with E-state index in [-0.39, 0.29) is 5.82 Å². The fraction of sp³-hybridized carbons (Fsp3) is 0.273. The lowest BCUT2D eigenvalue weighted by Gasteiger charge is -2.02. The van der Waals surface area contributed by atoms with Crippen molar-refractivity contribution < 1.29 is 9.13 Å². The number of nitrogens with one attached hydrogen (secondary N) is 1. The molecule has 0 aliphatic rings. The fourth-order valence-corrected chi connectivity index (χ4v) is 1.93. The van der Waals surface area contributed by atoms with Gasteiger partial charge in [-0.05, 0) is 31.2 Å². The highest BCUT2D eigenvalue weighted by atomic mass is 32.1. The summed E-state index contributed by atoms with van der Waals surface area (Å²) in [5.41, 5.74) is 0. The third kappa shape index (κ3) is 3.39. The number of halogens is 1. The van der Waals surface area contributed by atoms with Crippen LogP contribution in [0.15, 0.2) is 24.3 Å². The molecule has 1 heterocycles. The van der Waals surface area contributed by atoms with Gasteiger partial charge in [0.15, 0.2) is 5.01 Å². The van der Waals surface area contributed by atoms with Gasteiger partial charge >= 0.3 is 0 Å². The summed E-state index contributed by atoms with van der Waals surface area (Å²) >= 11 is 1.45. The number of aromatic nitrogens is 2. The summed E-state index contributed by atoms with van der Waals surface area (Å²) in [4.78, 5) is 0. The molecule has 0 aliphatic carbocycles. The first-order valence-corrected chi connectivity index (χ1v) is 6.04. The van der Waals surface area contributed by atoms with E-state index in [0.29, 0.717) is 12.4 Å². The minimum absolute atomic E-state index is 0.275. The second-order valence-corrected chi connectivity index (χ2v) is 4.34. The summed E-state index contributed by atoms with van der Waals surface area (Å²) in [6.45, 7) is 3.15. The number of anilines is 1. The molecule has 0 unspecified atom stereocenters. The standard InChI is InChI=1S/C11H12FN3OS/c1-2-13-11-15-14-10(17-11)7-16-9-5-3-8(12)4-6-9/h3-6H,2,7H2,1H3,(H,13,15). The van der Waals surface area contributed by atoms with Gasteiger partial charge in [-0.3, -0.25) is 0 Å². The van der Waals surface area contributed by atoms with Crippen molar-refractivity contribution in [2.24, 2.45) is 0 Å². The quantitative estimate of drug-likeness (QED) is 0.890. The molecule has 2 aromatic rings. The van der Waals surface area contributed by atoms with Crippen molar-refractivity contribution in [3.63, 3.8) is 0 Å². The molecule has 90 valence electrons. The van der Waals surface area contributed by atoms with Crippen LogP contribution in [0.25, 0.3) is 0 Å². The van der Waals surface area contributed by atoms with Gasteiger partial charge in [-0.25, -0.2) is 4.39 Å². The highest BCUT2D eigenvalue weighted by Crippen LogP contribution is 2.18. The topological polar surface area (TPSA) is 47.0 Å². The van der Waals surface area contributed by atoms with Gasteiger partial charge < -0.3 is 10.1 Å². The Hall–Kier alpha value is -1.69. The maximum Gasteiger partial charge on any atom is 0.205 e. The van der Waals surface area contributed by atoms with Gasteiger partial charge in [-0.2, -0.15) is 0 Å². The largest absolute Gasteiger partial charge is 0.486 e. The van der Waals surface area contributed by atoms with Crippen LogP contribution in [-0.2, 0) is 6.61 Å². The Morgan fingerprint density at radius 2 is 2.06 bits per heavy atom. The molecule has 0 saturated heterocycles. The number of ether oxygens (including phenoxy) is 1.